The molecule has 1 aliphatic rings. The molecule has 0 radical (unpaired) electrons. The summed E-state index contributed by atoms with van der Waals surface area (Å²) < 4.78 is 17.2. The number of halogens is 1. The van der Waals surface area contributed by atoms with Crippen molar-refractivity contribution in [3.8, 4) is 11.5 Å². The van der Waals surface area contributed by atoms with Gasteiger partial charge in [-0.2, -0.15) is 0 Å². The third-order valence-electron chi connectivity index (χ3n) is 3.73. The molecule has 2 unspecified atom stereocenters. The third kappa shape index (κ3) is 3.65. The third-order valence-corrected chi connectivity index (χ3v) is 4.41. The highest BCUT2D eigenvalue weighted by atomic mass is 79.9. The summed E-state index contributed by atoms with van der Waals surface area (Å²) in [5.74, 6) is 1.41. The normalized spacial score (nSPS) is 19.9. The predicted molar refractivity (Wildman–Crippen MR) is 82.4 cm³/mol. The Bertz CT molecular complexity index is 447. The van der Waals surface area contributed by atoms with Crippen LogP contribution in [0.15, 0.2) is 16.6 Å². The average Bonchev–Trinajstić information content (AvgIpc) is 2.97. The van der Waals surface area contributed by atoms with E-state index in [1.807, 2.05) is 12.1 Å². The maximum atomic E-state index is 6.31. The van der Waals surface area contributed by atoms with Crippen LogP contribution >= 0.6 is 15.9 Å². The minimum Gasteiger partial charge on any atom is -0.493 e. The molecule has 0 saturated carbocycles. The molecule has 1 fully saturated rings. The Hall–Kier alpha value is -0.780. The summed E-state index contributed by atoms with van der Waals surface area (Å²) >= 11 is 3.56. The van der Waals surface area contributed by atoms with E-state index in [-0.39, 0.29) is 6.04 Å². The van der Waals surface area contributed by atoms with E-state index in [2.05, 4.69) is 15.9 Å². The first-order valence-corrected chi connectivity index (χ1v) is 7.73. The average molecular weight is 344 g/mol. The van der Waals surface area contributed by atoms with Crippen LogP contribution in [0.5, 0.6) is 11.5 Å². The van der Waals surface area contributed by atoms with Crippen LogP contribution in [0.4, 0.5) is 0 Å². The van der Waals surface area contributed by atoms with Crippen molar-refractivity contribution in [2.24, 2.45) is 5.73 Å². The zero-order chi connectivity index (χ0) is 14.5. The van der Waals surface area contributed by atoms with Gasteiger partial charge in [-0.3, -0.25) is 0 Å². The summed E-state index contributed by atoms with van der Waals surface area (Å²) in [6.07, 6.45) is 4.60. The van der Waals surface area contributed by atoms with Crippen LogP contribution in [-0.2, 0) is 4.74 Å². The quantitative estimate of drug-likeness (QED) is 0.859. The van der Waals surface area contributed by atoms with E-state index in [0.717, 1.165) is 35.9 Å². The Kier molecular flexibility index (Phi) is 5.69. The Morgan fingerprint density at radius 1 is 1.35 bits per heavy atom. The first-order valence-electron chi connectivity index (χ1n) is 6.94. The number of rotatable bonds is 6. The van der Waals surface area contributed by atoms with Gasteiger partial charge < -0.3 is 19.9 Å². The van der Waals surface area contributed by atoms with Crippen molar-refractivity contribution >= 4 is 15.9 Å². The maximum Gasteiger partial charge on any atom is 0.161 e. The van der Waals surface area contributed by atoms with E-state index in [0.29, 0.717) is 17.6 Å². The Morgan fingerprint density at radius 2 is 2.05 bits per heavy atom. The lowest BCUT2D eigenvalue weighted by atomic mass is 9.99. The van der Waals surface area contributed by atoms with Crippen molar-refractivity contribution in [1.29, 1.82) is 0 Å². The summed E-state index contributed by atoms with van der Waals surface area (Å²) in [4.78, 5) is 0. The minimum atomic E-state index is -0.0339. The molecular weight excluding hydrogens is 322 g/mol. The van der Waals surface area contributed by atoms with Crippen molar-refractivity contribution in [3.05, 3.63) is 22.2 Å². The van der Waals surface area contributed by atoms with Crippen molar-refractivity contribution < 1.29 is 14.2 Å². The molecule has 1 aromatic rings. The Labute approximate surface area is 128 Å². The van der Waals surface area contributed by atoms with E-state index in [4.69, 9.17) is 19.9 Å². The SMILES string of the molecule is COc1cc(Br)c(C(N)CCC2CCCO2)cc1OC. The van der Waals surface area contributed by atoms with Gasteiger partial charge in [0.25, 0.3) is 0 Å². The molecule has 1 aliphatic heterocycles. The lowest BCUT2D eigenvalue weighted by Crippen LogP contribution is -2.15. The molecule has 2 atom stereocenters. The highest BCUT2D eigenvalue weighted by molar-refractivity contribution is 9.10. The smallest absolute Gasteiger partial charge is 0.161 e. The second kappa shape index (κ2) is 7.29. The second-order valence-corrected chi connectivity index (χ2v) is 5.90. The van der Waals surface area contributed by atoms with Gasteiger partial charge in [-0.25, -0.2) is 0 Å². The summed E-state index contributed by atoms with van der Waals surface area (Å²) in [6.45, 7) is 0.889. The molecule has 20 heavy (non-hydrogen) atoms. The van der Waals surface area contributed by atoms with Crippen LogP contribution in [0.25, 0.3) is 0 Å². The van der Waals surface area contributed by atoms with Crippen molar-refractivity contribution in [3.63, 3.8) is 0 Å². The summed E-state index contributed by atoms with van der Waals surface area (Å²) in [7, 11) is 3.26. The summed E-state index contributed by atoms with van der Waals surface area (Å²) in [6, 6.07) is 3.82. The van der Waals surface area contributed by atoms with Crippen LogP contribution < -0.4 is 15.2 Å². The molecule has 2 rings (SSSR count). The second-order valence-electron chi connectivity index (χ2n) is 5.05. The highest BCUT2D eigenvalue weighted by Gasteiger charge is 2.19. The molecule has 1 aromatic carbocycles. The van der Waals surface area contributed by atoms with Gasteiger partial charge in [0.1, 0.15) is 0 Å². The van der Waals surface area contributed by atoms with Crippen molar-refractivity contribution in [1.82, 2.24) is 0 Å². The first-order chi connectivity index (χ1) is 9.65. The molecule has 0 amide bonds. The molecule has 0 aromatic heterocycles. The van der Waals surface area contributed by atoms with Gasteiger partial charge >= 0.3 is 0 Å². The van der Waals surface area contributed by atoms with Crippen molar-refractivity contribution in [2.45, 2.75) is 37.8 Å². The van der Waals surface area contributed by atoms with Gasteiger partial charge in [0.15, 0.2) is 11.5 Å². The van der Waals surface area contributed by atoms with Crippen LogP contribution in [0.2, 0.25) is 0 Å². The zero-order valence-electron chi connectivity index (χ0n) is 12.0. The fraction of sp³-hybridized carbons (Fsp3) is 0.600. The Morgan fingerprint density at radius 3 is 2.65 bits per heavy atom. The van der Waals surface area contributed by atoms with Crippen LogP contribution in [-0.4, -0.2) is 26.9 Å². The molecule has 0 spiro atoms. The largest absolute Gasteiger partial charge is 0.493 e. The molecule has 5 heteroatoms. The minimum absolute atomic E-state index is 0.0339. The lowest BCUT2D eigenvalue weighted by molar-refractivity contribution is 0.101. The molecule has 0 aliphatic carbocycles. The maximum absolute atomic E-state index is 6.31. The summed E-state index contributed by atoms with van der Waals surface area (Å²) in [5.41, 5.74) is 7.35. The first kappa shape index (κ1) is 15.6. The molecule has 4 nitrogen and oxygen atoms in total. The lowest BCUT2D eigenvalue weighted by Gasteiger charge is -2.18. The number of methoxy groups -OCH3 is 2. The fourth-order valence-corrected chi connectivity index (χ4v) is 3.16. The van der Waals surface area contributed by atoms with Crippen LogP contribution in [0.3, 0.4) is 0 Å². The monoisotopic (exact) mass is 343 g/mol. The van der Waals surface area contributed by atoms with Crippen molar-refractivity contribution in [2.75, 3.05) is 20.8 Å². The topological polar surface area (TPSA) is 53.7 Å². The van der Waals surface area contributed by atoms with E-state index >= 15 is 0 Å². The van der Waals surface area contributed by atoms with Gasteiger partial charge in [0, 0.05) is 17.1 Å². The van der Waals surface area contributed by atoms with Gasteiger partial charge in [0.05, 0.1) is 20.3 Å². The predicted octanol–water partition coefficient (Wildman–Crippen LogP) is 3.43. The standard InChI is InChI=1S/C15H22BrNO3/c1-18-14-8-11(12(16)9-15(14)19-2)13(17)6-5-10-4-3-7-20-10/h8-10,13H,3-7,17H2,1-2H3. The van der Waals surface area contributed by atoms with Gasteiger partial charge in [-0.15, -0.1) is 0 Å². The number of nitrogens with two attached hydrogens (primary N) is 1. The summed E-state index contributed by atoms with van der Waals surface area (Å²) in [5, 5.41) is 0. The number of hydrogen-bond donors (Lipinski definition) is 1. The van der Waals surface area contributed by atoms with E-state index in [9.17, 15) is 0 Å². The molecule has 1 saturated heterocycles. The molecule has 0 bridgehead atoms. The Balaban J connectivity index is 2.06. The molecule has 2 N–H and O–H groups in total. The molecule has 1 heterocycles. The highest BCUT2D eigenvalue weighted by Crippen LogP contribution is 2.36. The van der Waals surface area contributed by atoms with Gasteiger partial charge in [-0.05, 0) is 43.4 Å². The van der Waals surface area contributed by atoms with E-state index in [1.54, 1.807) is 14.2 Å². The zero-order valence-corrected chi connectivity index (χ0v) is 13.6. The van der Waals surface area contributed by atoms with E-state index in [1.165, 1.54) is 6.42 Å². The molecule has 112 valence electrons. The van der Waals surface area contributed by atoms with Gasteiger partial charge in [0.2, 0.25) is 0 Å². The van der Waals surface area contributed by atoms with Crippen LogP contribution in [0, 0.1) is 0 Å². The number of benzene rings is 1. The number of hydrogen-bond acceptors (Lipinski definition) is 4. The van der Waals surface area contributed by atoms with Gasteiger partial charge in [-0.1, -0.05) is 15.9 Å². The molecular formula is C15H22BrNO3. The fourth-order valence-electron chi connectivity index (χ4n) is 2.55. The van der Waals surface area contributed by atoms with E-state index < -0.39 is 0 Å². The van der Waals surface area contributed by atoms with Crippen LogP contribution in [0.1, 0.15) is 37.3 Å². The number of ether oxygens (including phenoxy) is 3.